The average Bonchev–Trinajstić information content (AvgIpc) is 3.23. The lowest BCUT2D eigenvalue weighted by atomic mass is 9.86. The van der Waals surface area contributed by atoms with Crippen molar-refractivity contribution in [2.75, 3.05) is 26.7 Å². The maximum atomic E-state index is 14.0. The molecular formula is C29H33NO3. The van der Waals surface area contributed by atoms with Crippen LogP contribution in [0.15, 0.2) is 91.0 Å². The van der Waals surface area contributed by atoms with Gasteiger partial charge in [-0.2, -0.15) is 0 Å². The predicted molar refractivity (Wildman–Crippen MR) is 128 cm³/mol. The largest absolute Gasteiger partial charge is 0.834 e. The first kappa shape index (κ1) is 23.2. The van der Waals surface area contributed by atoms with Crippen LogP contribution >= 0.6 is 0 Å². The van der Waals surface area contributed by atoms with Gasteiger partial charge in [0.25, 0.3) is 0 Å². The molecule has 1 heterocycles. The fourth-order valence-electron chi connectivity index (χ4n) is 5.05. The molecule has 172 valence electrons. The molecule has 3 aromatic rings. The first-order chi connectivity index (χ1) is 16.0. The topological polar surface area (TPSA) is 49.4 Å². The number of likely N-dealkylation sites (N-methyl/N-ethyl adjacent to an activating group) is 1. The number of ether oxygens (including phenoxy) is 1. The van der Waals surface area contributed by atoms with Crippen molar-refractivity contribution in [2.24, 2.45) is 0 Å². The minimum Gasteiger partial charge on any atom is -0.834 e. The number of rotatable bonds is 9. The Kier molecular flexibility index (Phi) is 7.26. The van der Waals surface area contributed by atoms with E-state index in [-0.39, 0.29) is 12.6 Å². The first-order valence-corrected chi connectivity index (χ1v) is 11.9. The molecule has 0 amide bonds. The van der Waals surface area contributed by atoms with E-state index in [2.05, 4.69) is 31.3 Å². The van der Waals surface area contributed by atoms with Gasteiger partial charge in [0.2, 0.25) is 0 Å². The summed E-state index contributed by atoms with van der Waals surface area (Å²) in [6.45, 7) is 2.40. The molecular weight excluding hydrogens is 410 g/mol. The lowest BCUT2D eigenvalue weighted by Crippen LogP contribution is -2.54. The van der Waals surface area contributed by atoms with Gasteiger partial charge in [0, 0.05) is 24.9 Å². The quantitative estimate of drug-likeness (QED) is 0.370. The molecule has 4 rings (SSSR count). The van der Waals surface area contributed by atoms with E-state index in [1.807, 2.05) is 18.2 Å². The smallest absolute Gasteiger partial charge is 0.304 e. The van der Waals surface area contributed by atoms with Gasteiger partial charge in [-0.15, -0.1) is 0 Å². The molecule has 0 aliphatic carbocycles. The number of aryl methyl sites for hydroxylation is 1. The van der Waals surface area contributed by atoms with E-state index in [0.29, 0.717) is 11.1 Å². The summed E-state index contributed by atoms with van der Waals surface area (Å²) in [4.78, 5) is 13.3. The van der Waals surface area contributed by atoms with Gasteiger partial charge in [-0.25, -0.2) is 0 Å². The highest BCUT2D eigenvalue weighted by atomic mass is 16.6. The lowest BCUT2D eigenvalue weighted by Gasteiger charge is -2.40. The summed E-state index contributed by atoms with van der Waals surface area (Å²) in [5, 5.41) is 14.0. The van der Waals surface area contributed by atoms with Crippen molar-refractivity contribution in [2.45, 2.75) is 37.3 Å². The van der Waals surface area contributed by atoms with E-state index in [1.54, 1.807) is 48.5 Å². The van der Waals surface area contributed by atoms with Gasteiger partial charge >= 0.3 is 5.97 Å². The Balaban J connectivity index is 1.43. The number of likely N-dealkylation sites (tertiary alicyclic amines) is 1. The zero-order valence-corrected chi connectivity index (χ0v) is 19.4. The van der Waals surface area contributed by atoms with Gasteiger partial charge in [0.15, 0.2) is 0 Å². The molecule has 1 unspecified atom stereocenters. The standard InChI is InChI=1S/C29H33NO3/c1-30(21-11-15-24-13-5-2-6-14-24)22-12-20-27(30)23-33-28(31)29(32,25-16-7-3-8-17-25)26-18-9-4-10-19-26/h2-10,13-14,16-19,27H,11-12,15,20-23H2,1H3/t27-,30?/m1/s1. The van der Waals surface area contributed by atoms with E-state index in [9.17, 15) is 9.90 Å². The van der Waals surface area contributed by atoms with Gasteiger partial charge in [-0.3, -0.25) is 4.79 Å². The molecule has 3 aromatic carbocycles. The summed E-state index contributed by atoms with van der Waals surface area (Å²) in [6, 6.07) is 28.4. The zero-order chi connectivity index (χ0) is 23.2. The normalized spacial score (nSPS) is 20.5. The molecule has 33 heavy (non-hydrogen) atoms. The molecule has 0 saturated carbocycles. The molecule has 1 saturated heterocycles. The molecule has 0 spiro atoms. The van der Waals surface area contributed by atoms with E-state index < -0.39 is 11.6 Å². The Labute approximate surface area is 197 Å². The third-order valence-electron chi connectivity index (χ3n) is 7.12. The highest BCUT2D eigenvalue weighted by Crippen LogP contribution is 2.30. The van der Waals surface area contributed by atoms with Crippen molar-refractivity contribution in [1.82, 2.24) is 0 Å². The second-order valence-corrected chi connectivity index (χ2v) is 9.32. The Hall–Kier alpha value is -2.95. The van der Waals surface area contributed by atoms with Crippen molar-refractivity contribution in [1.29, 1.82) is 0 Å². The predicted octanol–water partition coefficient (Wildman–Crippen LogP) is 4.08. The molecule has 4 heteroatoms. The van der Waals surface area contributed by atoms with Crippen LogP contribution in [0, 0.1) is 0 Å². The number of carbonyl (C=O) groups excluding carboxylic acids is 1. The number of esters is 1. The minimum atomic E-state index is -2.07. The van der Waals surface area contributed by atoms with Crippen LogP contribution in [0.5, 0.6) is 0 Å². The van der Waals surface area contributed by atoms with Crippen molar-refractivity contribution < 1.29 is 19.1 Å². The summed E-state index contributed by atoms with van der Waals surface area (Å²) >= 11 is 0. The van der Waals surface area contributed by atoms with Gasteiger partial charge in [-0.1, -0.05) is 91.0 Å². The molecule has 1 aliphatic rings. The number of hydrogen-bond donors (Lipinski definition) is 0. The minimum absolute atomic E-state index is 0.223. The Morgan fingerprint density at radius 2 is 1.48 bits per heavy atom. The molecule has 1 aliphatic heterocycles. The molecule has 0 radical (unpaired) electrons. The number of benzene rings is 3. The Morgan fingerprint density at radius 1 is 0.939 bits per heavy atom. The molecule has 0 aromatic heterocycles. The third-order valence-corrected chi connectivity index (χ3v) is 7.12. The van der Waals surface area contributed by atoms with Crippen molar-refractivity contribution >= 4 is 5.97 Å². The summed E-state index contributed by atoms with van der Waals surface area (Å²) in [5.74, 6) is -0.720. The van der Waals surface area contributed by atoms with Crippen LogP contribution in [0.4, 0.5) is 0 Å². The molecule has 2 atom stereocenters. The van der Waals surface area contributed by atoms with Crippen LogP contribution in [0.3, 0.4) is 0 Å². The van der Waals surface area contributed by atoms with Gasteiger partial charge in [-0.05, 0) is 23.1 Å². The zero-order valence-electron chi connectivity index (χ0n) is 19.4. The molecule has 0 bridgehead atoms. The highest BCUT2D eigenvalue weighted by Gasteiger charge is 2.40. The average molecular weight is 444 g/mol. The maximum absolute atomic E-state index is 14.0. The molecule has 0 N–H and O–H groups in total. The summed E-state index contributed by atoms with van der Waals surface area (Å²) in [7, 11) is 2.26. The maximum Gasteiger partial charge on any atom is 0.304 e. The van der Waals surface area contributed by atoms with E-state index in [0.717, 1.165) is 43.3 Å². The van der Waals surface area contributed by atoms with E-state index in [4.69, 9.17) is 4.74 Å². The number of carbonyl (C=O) groups is 1. The summed E-state index contributed by atoms with van der Waals surface area (Å²) < 4.78 is 6.68. The fourth-order valence-corrected chi connectivity index (χ4v) is 5.05. The SMILES string of the molecule is C[N+]1(CCCc2ccccc2)CCC[C@@H]1COC(=O)C([O-])(c1ccccc1)c1ccccc1. The fraction of sp³-hybridized carbons (Fsp3) is 0.345. The second-order valence-electron chi connectivity index (χ2n) is 9.32. The lowest BCUT2D eigenvalue weighted by molar-refractivity contribution is -0.921. The number of quaternary nitrogens is 1. The van der Waals surface area contributed by atoms with Crippen molar-refractivity contribution in [3.63, 3.8) is 0 Å². The first-order valence-electron chi connectivity index (χ1n) is 11.9. The van der Waals surface area contributed by atoms with Gasteiger partial charge in [0.05, 0.1) is 20.1 Å². The van der Waals surface area contributed by atoms with Crippen LogP contribution in [0.25, 0.3) is 0 Å². The van der Waals surface area contributed by atoms with Crippen LogP contribution in [-0.4, -0.2) is 43.2 Å². The van der Waals surface area contributed by atoms with E-state index in [1.165, 1.54) is 5.56 Å². The monoisotopic (exact) mass is 443 g/mol. The van der Waals surface area contributed by atoms with Crippen molar-refractivity contribution in [3.8, 4) is 0 Å². The summed E-state index contributed by atoms with van der Waals surface area (Å²) in [6.07, 6.45) is 4.26. The van der Waals surface area contributed by atoms with Gasteiger partial charge in [0.1, 0.15) is 12.6 Å². The van der Waals surface area contributed by atoms with Crippen LogP contribution in [0.2, 0.25) is 0 Å². The van der Waals surface area contributed by atoms with Gasteiger partial charge < -0.3 is 14.3 Å². The van der Waals surface area contributed by atoms with Crippen LogP contribution in [0.1, 0.15) is 36.0 Å². The Morgan fingerprint density at radius 3 is 2.06 bits per heavy atom. The molecule has 4 nitrogen and oxygen atoms in total. The molecule has 1 fully saturated rings. The number of nitrogens with zero attached hydrogens (tertiary/aromatic N) is 1. The van der Waals surface area contributed by atoms with Crippen LogP contribution in [-0.2, 0) is 21.6 Å². The Bertz CT molecular complexity index is 983. The summed E-state index contributed by atoms with van der Waals surface area (Å²) in [5.41, 5.74) is 0.103. The third kappa shape index (κ3) is 5.18. The van der Waals surface area contributed by atoms with Crippen LogP contribution < -0.4 is 5.11 Å². The van der Waals surface area contributed by atoms with E-state index >= 15 is 0 Å². The number of hydrogen-bond acceptors (Lipinski definition) is 3. The van der Waals surface area contributed by atoms with Crippen molar-refractivity contribution in [3.05, 3.63) is 108 Å². The second kappa shape index (κ2) is 10.3. The highest BCUT2D eigenvalue weighted by molar-refractivity contribution is 5.85.